The Balaban J connectivity index is 1.56. The molecule has 1 amide bonds. The number of rotatable bonds is 4. The van der Waals surface area contributed by atoms with E-state index >= 15 is 0 Å². The van der Waals surface area contributed by atoms with Gasteiger partial charge in [-0.1, -0.05) is 36.4 Å². The third kappa shape index (κ3) is 3.80. The van der Waals surface area contributed by atoms with Crippen LogP contribution in [0.25, 0.3) is 0 Å². The summed E-state index contributed by atoms with van der Waals surface area (Å²) in [6.45, 7) is 4.97. The van der Waals surface area contributed by atoms with Crippen molar-refractivity contribution in [1.29, 1.82) is 0 Å². The van der Waals surface area contributed by atoms with Crippen molar-refractivity contribution in [3.8, 4) is 0 Å². The minimum Gasteiger partial charge on any atom is -0.462 e. The second-order valence-corrected chi connectivity index (χ2v) is 8.12. The standard InChI is InChI=1S/C23H27NO6/c1-3-28-23(27)24-10-9-17-16(12-24)11-18-19(14(2)30-21(18)25)20(17)22(26)29-13-15-7-5-4-6-8-15/h4-8,11,14,17-20H,3,9-10,12-13H2,1-2H3/t14-,17-,18-,19-,20+/m1/s1. The molecule has 5 atom stereocenters. The van der Waals surface area contributed by atoms with E-state index in [-0.39, 0.29) is 42.6 Å². The molecule has 1 aliphatic carbocycles. The fraction of sp³-hybridized carbons (Fsp3) is 0.522. The summed E-state index contributed by atoms with van der Waals surface area (Å²) in [6, 6.07) is 9.53. The van der Waals surface area contributed by atoms with Gasteiger partial charge in [-0.2, -0.15) is 0 Å². The maximum atomic E-state index is 13.2. The molecule has 0 saturated carbocycles. The highest BCUT2D eigenvalue weighted by Gasteiger charge is 2.55. The van der Waals surface area contributed by atoms with Crippen LogP contribution in [0.3, 0.4) is 0 Å². The molecule has 0 N–H and O–H groups in total. The number of likely N-dealkylation sites (tertiary alicyclic amines) is 1. The Hall–Kier alpha value is -2.83. The van der Waals surface area contributed by atoms with Gasteiger partial charge in [0, 0.05) is 19.0 Å². The Morgan fingerprint density at radius 1 is 1.20 bits per heavy atom. The molecule has 3 aliphatic rings. The minimum atomic E-state index is -0.484. The van der Waals surface area contributed by atoms with Crippen molar-refractivity contribution in [3.63, 3.8) is 0 Å². The molecule has 0 spiro atoms. The lowest BCUT2D eigenvalue weighted by Gasteiger charge is -2.43. The van der Waals surface area contributed by atoms with Crippen LogP contribution in [-0.4, -0.2) is 48.7 Å². The summed E-state index contributed by atoms with van der Waals surface area (Å²) in [5.74, 6) is -1.89. The molecule has 7 nitrogen and oxygen atoms in total. The summed E-state index contributed by atoms with van der Waals surface area (Å²) in [5.41, 5.74) is 1.83. The fourth-order valence-electron chi connectivity index (χ4n) is 4.98. The highest BCUT2D eigenvalue weighted by atomic mass is 16.6. The van der Waals surface area contributed by atoms with Crippen molar-refractivity contribution in [2.24, 2.45) is 23.7 Å². The van der Waals surface area contributed by atoms with Gasteiger partial charge in [0.25, 0.3) is 0 Å². The molecule has 0 unspecified atom stereocenters. The highest BCUT2D eigenvalue weighted by molar-refractivity contribution is 5.82. The number of piperidine rings is 1. The molecule has 0 bridgehead atoms. The smallest absolute Gasteiger partial charge is 0.410 e. The molecule has 0 radical (unpaired) electrons. The van der Waals surface area contributed by atoms with E-state index in [4.69, 9.17) is 14.2 Å². The number of ether oxygens (including phenoxy) is 3. The van der Waals surface area contributed by atoms with Crippen LogP contribution < -0.4 is 0 Å². The van der Waals surface area contributed by atoms with Gasteiger partial charge in [0.05, 0.1) is 18.4 Å². The van der Waals surface area contributed by atoms with Crippen LogP contribution in [0, 0.1) is 23.7 Å². The van der Waals surface area contributed by atoms with Crippen molar-refractivity contribution in [1.82, 2.24) is 4.90 Å². The van der Waals surface area contributed by atoms with Crippen molar-refractivity contribution in [2.75, 3.05) is 19.7 Å². The average Bonchev–Trinajstić information content (AvgIpc) is 3.04. The Kier molecular flexibility index (Phi) is 5.79. The molecule has 2 heterocycles. The van der Waals surface area contributed by atoms with Gasteiger partial charge in [0.2, 0.25) is 0 Å². The van der Waals surface area contributed by atoms with Crippen LogP contribution in [0.5, 0.6) is 0 Å². The van der Waals surface area contributed by atoms with Crippen molar-refractivity contribution >= 4 is 18.0 Å². The molecule has 0 aromatic heterocycles. The summed E-state index contributed by atoms with van der Waals surface area (Å²) in [7, 11) is 0. The van der Waals surface area contributed by atoms with E-state index in [0.717, 1.165) is 11.1 Å². The largest absolute Gasteiger partial charge is 0.462 e. The molecule has 160 valence electrons. The fourth-order valence-corrected chi connectivity index (χ4v) is 4.98. The Labute approximate surface area is 176 Å². The molecular weight excluding hydrogens is 386 g/mol. The predicted molar refractivity (Wildman–Crippen MR) is 107 cm³/mol. The molecule has 7 heteroatoms. The van der Waals surface area contributed by atoms with Crippen LogP contribution in [0.2, 0.25) is 0 Å². The first kappa shape index (κ1) is 20.4. The number of carbonyl (C=O) groups is 3. The maximum Gasteiger partial charge on any atom is 0.410 e. The van der Waals surface area contributed by atoms with Gasteiger partial charge in [-0.05, 0) is 37.3 Å². The third-order valence-electron chi connectivity index (χ3n) is 6.35. The predicted octanol–water partition coefficient (Wildman–Crippen LogP) is 2.94. The van der Waals surface area contributed by atoms with Crippen molar-refractivity contribution in [2.45, 2.75) is 33.0 Å². The number of fused-ring (bicyclic) bond motifs is 2. The van der Waals surface area contributed by atoms with E-state index < -0.39 is 11.8 Å². The Morgan fingerprint density at radius 2 is 1.97 bits per heavy atom. The van der Waals surface area contributed by atoms with Gasteiger partial charge in [0.15, 0.2) is 0 Å². The van der Waals surface area contributed by atoms with Gasteiger partial charge in [0.1, 0.15) is 12.7 Å². The molecule has 4 rings (SSSR count). The average molecular weight is 413 g/mol. The lowest BCUT2D eigenvalue weighted by molar-refractivity contribution is -0.156. The molecule has 2 fully saturated rings. The van der Waals surface area contributed by atoms with E-state index in [1.165, 1.54) is 0 Å². The van der Waals surface area contributed by atoms with Crippen LogP contribution in [0.15, 0.2) is 42.0 Å². The van der Waals surface area contributed by atoms with Crippen molar-refractivity contribution in [3.05, 3.63) is 47.5 Å². The Bertz CT molecular complexity index is 851. The second kappa shape index (κ2) is 8.50. The summed E-state index contributed by atoms with van der Waals surface area (Å²) in [6.07, 6.45) is 1.81. The molecule has 2 aliphatic heterocycles. The number of hydrogen-bond acceptors (Lipinski definition) is 6. The molecule has 2 saturated heterocycles. The molecule has 1 aromatic rings. The zero-order chi connectivity index (χ0) is 21.3. The highest BCUT2D eigenvalue weighted by Crippen LogP contribution is 2.48. The third-order valence-corrected chi connectivity index (χ3v) is 6.35. The summed E-state index contributed by atoms with van der Waals surface area (Å²) in [4.78, 5) is 39.5. The zero-order valence-corrected chi connectivity index (χ0v) is 17.3. The van der Waals surface area contributed by atoms with Crippen LogP contribution in [-0.2, 0) is 30.4 Å². The van der Waals surface area contributed by atoms with Gasteiger partial charge < -0.3 is 19.1 Å². The first-order chi connectivity index (χ1) is 14.5. The summed E-state index contributed by atoms with van der Waals surface area (Å²) < 4.78 is 16.3. The first-order valence-electron chi connectivity index (χ1n) is 10.5. The van der Waals surface area contributed by atoms with Crippen LogP contribution >= 0.6 is 0 Å². The van der Waals surface area contributed by atoms with Gasteiger partial charge in [-0.15, -0.1) is 0 Å². The lowest BCUT2D eigenvalue weighted by Crippen LogP contribution is -2.49. The molecule has 1 aromatic carbocycles. The topological polar surface area (TPSA) is 82.1 Å². The summed E-state index contributed by atoms with van der Waals surface area (Å²) >= 11 is 0. The second-order valence-electron chi connectivity index (χ2n) is 8.12. The quantitative estimate of drug-likeness (QED) is 0.429. The normalized spacial score (nSPS) is 29.9. The number of carbonyl (C=O) groups excluding carboxylic acids is 3. The Morgan fingerprint density at radius 3 is 2.70 bits per heavy atom. The van der Waals surface area contributed by atoms with Gasteiger partial charge in [-0.25, -0.2) is 4.79 Å². The maximum absolute atomic E-state index is 13.2. The van der Waals surface area contributed by atoms with Gasteiger partial charge in [-0.3, -0.25) is 9.59 Å². The monoisotopic (exact) mass is 413 g/mol. The van der Waals surface area contributed by atoms with Crippen LogP contribution in [0.4, 0.5) is 4.79 Å². The summed E-state index contributed by atoms with van der Waals surface area (Å²) in [5, 5.41) is 0. The SMILES string of the molecule is CCOC(=O)N1CC[C@@H]2C(=C[C@H]3C(=O)O[C@H](C)[C@H]3[C@H]2C(=O)OCc2ccccc2)C1. The van der Waals surface area contributed by atoms with E-state index in [9.17, 15) is 14.4 Å². The first-order valence-corrected chi connectivity index (χ1v) is 10.5. The number of amides is 1. The number of esters is 2. The van der Waals surface area contributed by atoms with Gasteiger partial charge >= 0.3 is 18.0 Å². The van der Waals surface area contributed by atoms with E-state index in [0.29, 0.717) is 26.1 Å². The van der Waals surface area contributed by atoms with Crippen LogP contribution in [0.1, 0.15) is 25.8 Å². The van der Waals surface area contributed by atoms with E-state index in [1.807, 2.05) is 43.3 Å². The number of hydrogen-bond donors (Lipinski definition) is 0. The number of cyclic esters (lactones) is 1. The number of benzene rings is 1. The van der Waals surface area contributed by atoms with E-state index in [1.54, 1.807) is 11.8 Å². The molecular formula is C23H27NO6. The van der Waals surface area contributed by atoms with E-state index in [2.05, 4.69) is 0 Å². The lowest BCUT2D eigenvalue weighted by atomic mass is 9.64. The zero-order valence-electron chi connectivity index (χ0n) is 17.3. The van der Waals surface area contributed by atoms with Crippen molar-refractivity contribution < 1.29 is 28.6 Å². The molecule has 30 heavy (non-hydrogen) atoms. The number of nitrogens with zero attached hydrogens (tertiary/aromatic N) is 1. The minimum absolute atomic E-state index is 0.0721.